The van der Waals surface area contributed by atoms with Crippen molar-refractivity contribution in [1.82, 2.24) is 0 Å². The number of rotatable bonds is 5. The molecule has 0 aliphatic rings. The number of carboxylic acid groups (broad SMARTS) is 1. The number of hydrogen-bond acceptors (Lipinski definition) is 3. The molecule has 1 aromatic carbocycles. The van der Waals surface area contributed by atoms with Crippen molar-refractivity contribution in [3.8, 4) is 5.75 Å². The molecule has 0 bridgehead atoms. The first-order valence-corrected chi connectivity index (χ1v) is 4.99. The van der Waals surface area contributed by atoms with Gasteiger partial charge in [-0.1, -0.05) is 0 Å². The third kappa shape index (κ3) is 3.13. The van der Waals surface area contributed by atoms with Gasteiger partial charge in [-0.3, -0.25) is 4.79 Å². The van der Waals surface area contributed by atoms with Crippen molar-refractivity contribution < 1.29 is 27.8 Å². The normalized spacial score (nSPS) is 12.6. The van der Waals surface area contributed by atoms with E-state index in [2.05, 4.69) is 0 Å². The summed E-state index contributed by atoms with van der Waals surface area (Å²) in [5, 5.41) is 8.59. The van der Waals surface area contributed by atoms with Gasteiger partial charge in [0.15, 0.2) is 0 Å². The Morgan fingerprint density at radius 3 is 2.44 bits per heavy atom. The Morgan fingerprint density at radius 1 is 1.44 bits per heavy atom. The van der Waals surface area contributed by atoms with Crippen LogP contribution in [0.2, 0.25) is 0 Å². The van der Waals surface area contributed by atoms with E-state index in [0.717, 1.165) is 13.2 Å². The summed E-state index contributed by atoms with van der Waals surface area (Å²) in [6.07, 6.45) is -3.45. The molecule has 0 amide bonds. The van der Waals surface area contributed by atoms with Gasteiger partial charge in [0.25, 0.3) is 6.43 Å². The van der Waals surface area contributed by atoms with Crippen molar-refractivity contribution in [3.63, 3.8) is 0 Å². The molecular weight excluding hydrogens is 251 g/mol. The van der Waals surface area contributed by atoms with E-state index >= 15 is 0 Å². The number of halogens is 3. The summed E-state index contributed by atoms with van der Waals surface area (Å²) in [6, 6.07) is 0.421. The number of nitrogens with two attached hydrogens (primary N) is 1. The van der Waals surface area contributed by atoms with E-state index in [1.54, 1.807) is 0 Å². The third-order valence-corrected chi connectivity index (χ3v) is 2.34. The van der Waals surface area contributed by atoms with Gasteiger partial charge < -0.3 is 15.6 Å². The van der Waals surface area contributed by atoms with Crippen molar-refractivity contribution in [2.24, 2.45) is 5.73 Å². The van der Waals surface area contributed by atoms with Crippen LogP contribution in [-0.4, -0.2) is 18.2 Å². The fourth-order valence-electron chi connectivity index (χ4n) is 1.61. The van der Waals surface area contributed by atoms with Crippen LogP contribution in [0, 0.1) is 5.82 Å². The molecule has 0 spiro atoms. The van der Waals surface area contributed by atoms with Crippen molar-refractivity contribution in [2.75, 3.05) is 7.11 Å². The van der Waals surface area contributed by atoms with Gasteiger partial charge >= 0.3 is 5.97 Å². The molecule has 0 aliphatic heterocycles. The van der Waals surface area contributed by atoms with E-state index < -0.39 is 36.2 Å². The average molecular weight is 263 g/mol. The lowest BCUT2D eigenvalue weighted by Crippen LogP contribution is -2.17. The van der Waals surface area contributed by atoms with Crippen LogP contribution in [0.5, 0.6) is 5.75 Å². The molecule has 0 heterocycles. The molecular formula is C11H12F3NO3. The summed E-state index contributed by atoms with van der Waals surface area (Å²) < 4.78 is 43.4. The molecule has 0 saturated carbocycles. The summed E-state index contributed by atoms with van der Waals surface area (Å²) in [6.45, 7) is 0. The van der Waals surface area contributed by atoms with Crippen molar-refractivity contribution >= 4 is 5.97 Å². The van der Waals surface area contributed by atoms with Crippen LogP contribution in [0.15, 0.2) is 12.1 Å². The lowest BCUT2D eigenvalue weighted by molar-refractivity contribution is -0.137. The second kappa shape index (κ2) is 5.72. The van der Waals surface area contributed by atoms with Crippen molar-refractivity contribution in [3.05, 3.63) is 29.1 Å². The van der Waals surface area contributed by atoms with Gasteiger partial charge in [-0.15, -0.1) is 0 Å². The first-order chi connectivity index (χ1) is 8.36. The number of alkyl halides is 2. The topological polar surface area (TPSA) is 72.5 Å². The Balaban J connectivity index is 3.28. The number of hydrogen-bond donors (Lipinski definition) is 2. The van der Waals surface area contributed by atoms with Gasteiger partial charge in [0.05, 0.1) is 19.1 Å². The number of benzene rings is 1. The lowest BCUT2D eigenvalue weighted by Gasteiger charge is -2.17. The van der Waals surface area contributed by atoms with Crippen molar-refractivity contribution in [1.29, 1.82) is 0 Å². The lowest BCUT2D eigenvalue weighted by atomic mass is 10.00. The minimum Gasteiger partial charge on any atom is -0.496 e. The van der Waals surface area contributed by atoms with Crippen LogP contribution < -0.4 is 10.5 Å². The van der Waals surface area contributed by atoms with E-state index in [9.17, 15) is 18.0 Å². The van der Waals surface area contributed by atoms with Gasteiger partial charge in [-0.25, -0.2) is 13.2 Å². The first-order valence-electron chi connectivity index (χ1n) is 4.99. The highest BCUT2D eigenvalue weighted by atomic mass is 19.3. The quantitative estimate of drug-likeness (QED) is 0.854. The van der Waals surface area contributed by atoms with Gasteiger partial charge in [-0.05, 0) is 12.1 Å². The Morgan fingerprint density at radius 2 is 2.00 bits per heavy atom. The highest BCUT2D eigenvalue weighted by molar-refractivity contribution is 5.68. The van der Waals surface area contributed by atoms with E-state index in [0.29, 0.717) is 6.07 Å². The molecule has 7 heteroatoms. The highest BCUT2D eigenvalue weighted by Crippen LogP contribution is 2.36. The Labute approximate surface area is 101 Å². The summed E-state index contributed by atoms with van der Waals surface area (Å²) in [7, 11) is 1.14. The number of ether oxygens (including phenoxy) is 1. The zero-order chi connectivity index (χ0) is 13.9. The minimum absolute atomic E-state index is 0.0878. The maximum Gasteiger partial charge on any atom is 0.305 e. The molecule has 100 valence electrons. The molecule has 3 N–H and O–H groups in total. The number of methoxy groups -OCH3 is 1. The second-order valence-corrected chi connectivity index (χ2v) is 3.62. The molecule has 0 saturated heterocycles. The number of aliphatic carboxylic acids is 1. The fraction of sp³-hybridized carbons (Fsp3) is 0.364. The van der Waals surface area contributed by atoms with E-state index in [1.807, 2.05) is 0 Å². The Hall–Kier alpha value is -1.76. The number of carbonyl (C=O) groups is 1. The first kappa shape index (κ1) is 14.3. The molecule has 18 heavy (non-hydrogen) atoms. The second-order valence-electron chi connectivity index (χ2n) is 3.62. The fourth-order valence-corrected chi connectivity index (χ4v) is 1.61. The standard InChI is InChI=1S/C11H12F3NO3/c1-18-10-6(8(15)4-9(16)17)2-5(12)3-7(10)11(13)14/h2-3,8,11H,4,15H2,1H3,(H,16,17). The van der Waals surface area contributed by atoms with E-state index in [1.165, 1.54) is 0 Å². The maximum absolute atomic E-state index is 13.2. The third-order valence-electron chi connectivity index (χ3n) is 2.34. The molecule has 1 unspecified atom stereocenters. The highest BCUT2D eigenvalue weighted by Gasteiger charge is 2.23. The summed E-state index contributed by atoms with van der Waals surface area (Å²) in [5.74, 6) is -2.41. The minimum atomic E-state index is -2.94. The van der Waals surface area contributed by atoms with Gasteiger partial charge in [0.1, 0.15) is 11.6 Å². The summed E-state index contributed by atoms with van der Waals surface area (Å²) in [4.78, 5) is 10.5. The smallest absolute Gasteiger partial charge is 0.305 e. The monoisotopic (exact) mass is 263 g/mol. The molecule has 1 rings (SSSR count). The zero-order valence-corrected chi connectivity index (χ0v) is 9.49. The molecule has 0 aliphatic carbocycles. The molecule has 4 nitrogen and oxygen atoms in total. The van der Waals surface area contributed by atoms with E-state index in [-0.39, 0.29) is 11.3 Å². The van der Waals surface area contributed by atoms with Crippen LogP contribution in [0.4, 0.5) is 13.2 Å². The molecule has 1 aromatic rings. The maximum atomic E-state index is 13.2. The van der Waals surface area contributed by atoms with Crippen LogP contribution >= 0.6 is 0 Å². The molecule has 1 atom stereocenters. The predicted molar refractivity (Wildman–Crippen MR) is 57.1 cm³/mol. The zero-order valence-electron chi connectivity index (χ0n) is 9.49. The molecule has 0 aromatic heterocycles. The largest absolute Gasteiger partial charge is 0.496 e. The van der Waals surface area contributed by atoms with Gasteiger partial charge in [0, 0.05) is 11.6 Å². The predicted octanol–water partition coefficient (Wildman–Crippen LogP) is 2.25. The SMILES string of the molecule is COc1c(C(F)F)cc(F)cc1C(N)CC(=O)O. The van der Waals surface area contributed by atoms with Crippen molar-refractivity contribution in [2.45, 2.75) is 18.9 Å². The van der Waals surface area contributed by atoms with E-state index in [4.69, 9.17) is 15.6 Å². The number of carboxylic acids is 1. The average Bonchev–Trinajstić information content (AvgIpc) is 2.26. The summed E-state index contributed by atoms with van der Waals surface area (Å²) in [5.41, 5.74) is 4.81. The van der Waals surface area contributed by atoms with Gasteiger partial charge in [-0.2, -0.15) is 0 Å². The Bertz CT molecular complexity index is 451. The summed E-state index contributed by atoms with van der Waals surface area (Å²) >= 11 is 0. The molecule has 0 radical (unpaired) electrons. The van der Waals surface area contributed by atoms with Crippen LogP contribution in [0.25, 0.3) is 0 Å². The van der Waals surface area contributed by atoms with Crippen LogP contribution in [0.3, 0.4) is 0 Å². The van der Waals surface area contributed by atoms with Crippen LogP contribution in [-0.2, 0) is 4.79 Å². The molecule has 0 fully saturated rings. The van der Waals surface area contributed by atoms with Crippen LogP contribution in [0.1, 0.15) is 30.0 Å². The van der Waals surface area contributed by atoms with Gasteiger partial charge in [0.2, 0.25) is 0 Å². The Kier molecular flexibility index (Phi) is 4.55.